The zero-order valence-corrected chi connectivity index (χ0v) is 8.17. The van der Waals surface area contributed by atoms with Crippen molar-refractivity contribution >= 4 is 0 Å². The molecule has 0 atom stereocenters. The molecule has 0 radical (unpaired) electrons. The van der Waals surface area contributed by atoms with Gasteiger partial charge in [-0.25, -0.2) is 0 Å². The van der Waals surface area contributed by atoms with Gasteiger partial charge in [-0.15, -0.1) is 0 Å². The molecule has 0 aliphatic rings. The highest BCUT2D eigenvalue weighted by molar-refractivity contribution is 5.20. The van der Waals surface area contributed by atoms with Crippen molar-refractivity contribution in [3.8, 4) is 0 Å². The number of aliphatic hydroxyl groups excluding tert-OH is 1. The number of hydrogen-bond acceptors (Lipinski definition) is 1. The van der Waals surface area contributed by atoms with Crippen LogP contribution in [0.2, 0.25) is 0 Å². The van der Waals surface area contributed by atoms with E-state index in [1.807, 2.05) is 0 Å². The number of benzene rings is 1. The molecular formula is C11H18O. The summed E-state index contributed by atoms with van der Waals surface area (Å²) in [6, 6.07) is 8.66. The summed E-state index contributed by atoms with van der Waals surface area (Å²) in [5, 5.41) is 7.57. The van der Waals surface area contributed by atoms with E-state index in [0.29, 0.717) is 0 Å². The van der Waals surface area contributed by atoms with Crippen LogP contribution in [0.3, 0.4) is 0 Å². The number of hydrogen-bond donors (Lipinski definition) is 1. The quantitative estimate of drug-likeness (QED) is 0.679. The Hall–Kier alpha value is -0.820. The minimum atomic E-state index is 0.250. The summed E-state index contributed by atoms with van der Waals surface area (Å²) in [4.78, 5) is 0. The van der Waals surface area contributed by atoms with Gasteiger partial charge in [0.2, 0.25) is 0 Å². The largest absolute Gasteiger partial charge is 0.397 e. The first-order chi connectivity index (χ1) is 5.74. The van der Waals surface area contributed by atoms with E-state index in [1.165, 1.54) is 11.1 Å². The Bertz CT molecular complexity index is 189. The maximum absolute atomic E-state index is 7.57. The van der Waals surface area contributed by atoms with Gasteiger partial charge in [-0.05, 0) is 25.8 Å². The molecule has 1 heteroatoms. The standard InChI is InChI=1S/C9H12.C2H6O/c1-3-9-6-4-8(2)5-7-9;1-2-3/h4-7H,3H2,1-2H3;3H,2H2,1H3. The molecule has 1 nitrogen and oxygen atoms in total. The third kappa shape index (κ3) is 4.91. The molecule has 0 aromatic heterocycles. The smallest absolute Gasteiger partial charge is 0.0402 e. The van der Waals surface area contributed by atoms with Gasteiger partial charge >= 0.3 is 0 Å². The van der Waals surface area contributed by atoms with Crippen molar-refractivity contribution in [2.24, 2.45) is 0 Å². The second kappa shape index (κ2) is 6.86. The SMILES string of the molecule is CCO.CCc1ccc(C)cc1. The van der Waals surface area contributed by atoms with Crippen LogP contribution in [0, 0.1) is 6.92 Å². The van der Waals surface area contributed by atoms with Gasteiger partial charge in [-0.2, -0.15) is 0 Å². The average molecular weight is 166 g/mol. The van der Waals surface area contributed by atoms with Crippen LogP contribution < -0.4 is 0 Å². The van der Waals surface area contributed by atoms with Crippen LogP contribution in [0.25, 0.3) is 0 Å². The zero-order chi connectivity index (χ0) is 9.40. The topological polar surface area (TPSA) is 20.2 Å². The summed E-state index contributed by atoms with van der Waals surface area (Å²) in [5.74, 6) is 0. The van der Waals surface area contributed by atoms with Crippen LogP contribution in [0.4, 0.5) is 0 Å². The fraction of sp³-hybridized carbons (Fsp3) is 0.455. The van der Waals surface area contributed by atoms with Gasteiger partial charge in [-0.1, -0.05) is 36.8 Å². The van der Waals surface area contributed by atoms with Crippen molar-refractivity contribution in [1.29, 1.82) is 0 Å². The molecule has 0 saturated carbocycles. The molecular weight excluding hydrogens is 148 g/mol. The minimum absolute atomic E-state index is 0.250. The van der Waals surface area contributed by atoms with Gasteiger partial charge in [0.25, 0.3) is 0 Å². The van der Waals surface area contributed by atoms with E-state index in [1.54, 1.807) is 6.92 Å². The molecule has 0 amide bonds. The van der Waals surface area contributed by atoms with E-state index in [9.17, 15) is 0 Å². The van der Waals surface area contributed by atoms with E-state index in [2.05, 4.69) is 38.1 Å². The molecule has 0 saturated heterocycles. The molecule has 1 rings (SSSR count). The number of aliphatic hydroxyl groups is 1. The molecule has 0 bridgehead atoms. The van der Waals surface area contributed by atoms with E-state index < -0.39 is 0 Å². The van der Waals surface area contributed by atoms with Gasteiger partial charge in [0, 0.05) is 6.61 Å². The lowest BCUT2D eigenvalue weighted by Gasteiger charge is -1.94. The lowest BCUT2D eigenvalue weighted by molar-refractivity contribution is 0.318. The van der Waals surface area contributed by atoms with Crippen LogP contribution in [0.5, 0.6) is 0 Å². The molecule has 0 aliphatic heterocycles. The van der Waals surface area contributed by atoms with Crippen molar-refractivity contribution < 1.29 is 5.11 Å². The highest BCUT2D eigenvalue weighted by Crippen LogP contribution is 2.02. The first-order valence-electron chi connectivity index (χ1n) is 4.41. The Balaban J connectivity index is 0.000000354. The summed E-state index contributed by atoms with van der Waals surface area (Å²) < 4.78 is 0. The molecule has 0 aliphatic carbocycles. The van der Waals surface area contributed by atoms with Crippen LogP contribution in [-0.4, -0.2) is 11.7 Å². The lowest BCUT2D eigenvalue weighted by atomic mass is 10.1. The van der Waals surface area contributed by atoms with Gasteiger partial charge in [0.15, 0.2) is 0 Å². The Morgan fingerprint density at radius 3 is 1.83 bits per heavy atom. The van der Waals surface area contributed by atoms with Crippen molar-refractivity contribution in [1.82, 2.24) is 0 Å². The normalized spacial score (nSPS) is 8.67. The van der Waals surface area contributed by atoms with Gasteiger partial charge < -0.3 is 5.11 Å². The minimum Gasteiger partial charge on any atom is -0.397 e. The Morgan fingerprint density at radius 1 is 1.08 bits per heavy atom. The third-order valence-corrected chi connectivity index (χ3v) is 1.53. The predicted molar refractivity (Wildman–Crippen MR) is 53.3 cm³/mol. The van der Waals surface area contributed by atoms with Crippen molar-refractivity contribution in [3.05, 3.63) is 35.4 Å². The third-order valence-electron chi connectivity index (χ3n) is 1.53. The van der Waals surface area contributed by atoms with Crippen LogP contribution in [0.1, 0.15) is 25.0 Å². The number of aryl methyl sites for hydroxylation is 2. The summed E-state index contributed by atoms with van der Waals surface area (Å²) in [6.45, 7) is 6.21. The fourth-order valence-electron chi connectivity index (χ4n) is 0.824. The lowest BCUT2D eigenvalue weighted by Crippen LogP contribution is -1.77. The molecule has 68 valence electrons. The summed E-state index contributed by atoms with van der Waals surface area (Å²) in [5.41, 5.74) is 2.76. The van der Waals surface area contributed by atoms with Gasteiger partial charge in [0.1, 0.15) is 0 Å². The highest BCUT2D eigenvalue weighted by atomic mass is 16.2. The first kappa shape index (κ1) is 11.2. The molecule has 0 unspecified atom stereocenters. The summed E-state index contributed by atoms with van der Waals surface area (Å²) >= 11 is 0. The summed E-state index contributed by atoms with van der Waals surface area (Å²) in [7, 11) is 0. The van der Waals surface area contributed by atoms with Crippen LogP contribution in [0.15, 0.2) is 24.3 Å². The van der Waals surface area contributed by atoms with Crippen molar-refractivity contribution in [3.63, 3.8) is 0 Å². The molecule has 1 N–H and O–H groups in total. The highest BCUT2D eigenvalue weighted by Gasteiger charge is 1.84. The Kier molecular flexibility index (Phi) is 6.39. The fourth-order valence-corrected chi connectivity index (χ4v) is 0.824. The summed E-state index contributed by atoms with van der Waals surface area (Å²) in [6.07, 6.45) is 1.14. The van der Waals surface area contributed by atoms with E-state index in [4.69, 9.17) is 5.11 Å². The molecule has 0 heterocycles. The second-order valence-corrected chi connectivity index (χ2v) is 2.66. The molecule has 0 spiro atoms. The van der Waals surface area contributed by atoms with E-state index >= 15 is 0 Å². The van der Waals surface area contributed by atoms with Crippen LogP contribution >= 0.6 is 0 Å². The van der Waals surface area contributed by atoms with E-state index in [0.717, 1.165) is 6.42 Å². The van der Waals surface area contributed by atoms with Crippen molar-refractivity contribution in [2.75, 3.05) is 6.61 Å². The number of rotatable bonds is 1. The predicted octanol–water partition coefficient (Wildman–Crippen LogP) is 2.56. The molecule has 1 aromatic carbocycles. The Labute approximate surface area is 75.1 Å². The first-order valence-corrected chi connectivity index (χ1v) is 4.41. The molecule has 1 aromatic rings. The zero-order valence-electron chi connectivity index (χ0n) is 8.17. The van der Waals surface area contributed by atoms with E-state index in [-0.39, 0.29) is 6.61 Å². The molecule has 0 fully saturated rings. The second-order valence-electron chi connectivity index (χ2n) is 2.66. The average Bonchev–Trinajstić information content (AvgIpc) is 2.07. The maximum Gasteiger partial charge on any atom is 0.0402 e. The van der Waals surface area contributed by atoms with Crippen molar-refractivity contribution in [2.45, 2.75) is 27.2 Å². The monoisotopic (exact) mass is 166 g/mol. The van der Waals surface area contributed by atoms with Gasteiger partial charge in [-0.3, -0.25) is 0 Å². The Morgan fingerprint density at radius 2 is 1.50 bits per heavy atom. The maximum atomic E-state index is 7.57. The van der Waals surface area contributed by atoms with Gasteiger partial charge in [0.05, 0.1) is 0 Å². The molecule has 12 heavy (non-hydrogen) atoms. The van der Waals surface area contributed by atoms with Crippen LogP contribution in [-0.2, 0) is 6.42 Å².